The van der Waals surface area contributed by atoms with Gasteiger partial charge in [-0.3, -0.25) is 0 Å². The molecule has 1 unspecified atom stereocenters. The van der Waals surface area contributed by atoms with Crippen LogP contribution in [0.25, 0.3) is 0 Å². The summed E-state index contributed by atoms with van der Waals surface area (Å²) in [5.41, 5.74) is 6.80. The van der Waals surface area contributed by atoms with E-state index in [9.17, 15) is 8.42 Å². The summed E-state index contributed by atoms with van der Waals surface area (Å²) in [4.78, 5) is 0.291. The molecule has 2 N–H and O–H groups in total. The largest absolute Gasteiger partial charge is 0.385 e. The Morgan fingerprint density at radius 3 is 2.70 bits per heavy atom. The van der Waals surface area contributed by atoms with Crippen LogP contribution >= 0.6 is 0 Å². The Morgan fingerprint density at radius 2 is 2.10 bits per heavy atom. The second-order valence-electron chi connectivity index (χ2n) is 4.76. The molecule has 0 aliphatic rings. The molecule has 0 radical (unpaired) electrons. The Labute approximate surface area is 121 Å². The molecule has 0 aromatic heterocycles. The highest BCUT2D eigenvalue weighted by Crippen LogP contribution is 2.20. The summed E-state index contributed by atoms with van der Waals surface area (Å²) < 4.78 is 31.2. The molecule has 20 heavy (non-hydrogen) atoms. The number of nitrogens with zero attached hydrogens (tertiary/aromatic N) is 1. The first-order valence-electron chi connectivity index (χ1n) is 6.74. The smallest absolute Gasteiger partial charge is 0.242 e. The highest BCUT2D eigenvalue weighted by molar-refractivity contribution is 7.89. The average molecular weight is 300 g/mol. The molecule has 0 fully saturated rings. The summed E-state index contributed by atoms with van der Waals surface area (Å²) in [6.07, 6.45) is 1.44. The highest BCUT2D eigenvalue weighted by atomic mass is 32.2. The summed E-state index contributed by atoms with van der Waals surface area (Å²) >= 11 is 0. The topological polar surface area (TPSA) is 72.6 Å². The predicted molar refractivity (Wildman–Crippen MR) is 80.0 cm³/mol. The molecule has 0 amide bonds. The lowest BCUT2D eigenvalue weighted by Crippen LogP contribution is -2.28. The molecule has 0 aliphatic carbocycles. The molecule has 0 aliphatic heterocycles. The third-order valence-corrected chi connectivity index (χ3v) is 5.11. The zero-order valence-corrected chi connectivity index (χ0v) is 13.2. The monoisotopic (exact) mass is 300 g/mol. The first-order valence-corrected chi connectivity index (χ1v) is 8.18. The maximum Gasteiger partial charge on any atom is 0.242 e. The van der Waals surface area contributed by atoms with Crippen molar-refractivity contribution < 1.29 is 13.2 Å². The van der Waals surface area contributed by atoms with Gasteiger partial charge in [-0.1, -0.05) is 19.1 Å². The molecule has 1 rings (SSSR count). The van der Waals surface area contributed by atoms with E-state index < -0.39 is 10.0 Å². The fourth-order valence-corrected chi connectivity index (χ4v) is 3.14. The second kappa shape index (κ2) is 7.73. The maximum absolute atomic E-state index is 12.4. The zero-order chi connectivity index (χ0) is 15.2. The molecule has 0 saturated carbocycles. The van der Waals surface area contributed by atoms with Crippen LogP contribution < -0.4 is 5.73 Å². The van der Waals surface area contributed by atoms with Gasteiger partial charge in [-0.15, -0.1) is 0 Å². The Bertz CT molecular complexity index is 517. The fraction of sp³-hybridized carbons (Fsp3) is 0.571. The summed E-state index contributed by atoms with van der Waals surface area (Å²) in [7, 11) is -0.279. The summed E-state index contributed by atoms with van der Waals surface area (Å²) in [6, 6.07) is 6.73. The van der Waals surface area contributed by atoms with Gasteiger partial charge in [0.05, 0.1) is 4.90 Å². The number of rotatable bonds is 8. The fourth-order valence-electron chi connectivity index (χ4n) is 1.87. The van der Waals surface area contributed by atoms with Gasteiger partial charge < -0.3 is 10.5 Å². The SMILES string of the molecule is CCC(N)c1cccc(S(=O)(=O)N(C)CCCOC)c1. The number of nitrogens with two attached hydrogens (primary N) is 1. The van der Waals surface area contributed by atoms with Crippen LogP contribution in [0.4, 0.5) is 0 Å². The number of sulfonamides is 1. The number of hydrogen-bond acceptors (Lipinski definition) is 4. The van der Waals surface area contributed by atoms with Crippen LogP contribution in [0, 0.1) is 0 Å². The van der Waals surface area contributed by atoms with E-state index in [1.165, 1.54) is 4.31 Å². The van der Waals surface area contributed by atoms with Crippen molar-refractivity contribution in [3.8, 4) is 0 Å². The van der Waals surface area contributed by atoms with Crippen LogP contribution in [0.2, 0.25) is 0 Å². The van der Waals surface area contributed by atoms with Gasteiger partial charge in [0.2, 0.25) is 10.0 Å². The molecule has 5 nitrogen and oxygen atoms in total. The minimum Gasteiger partial charge on any atom is -0.385 e. The lowest BCUT2D eigenvalue weighted by Gasteiger charge is -2.18. The summed E-state index contributed by atoms with van der Waals surface area (Å²) in [6.45, 7) is 2.95. The third kappa shape index (κ3) is 4.28. The molecule has 0 spiro atoms. The average Bonchev–Trinajstić information content (AvgIpc) is 2.46. The van der Waals surface area contributed by atoms with Gasteiger partial charge in [0, 0.05) is 33.4 Å². The van der Waals surface area contributed by atoms with E-state index in [0.717, 1.165) is 12.0 Å². The minimum atomic E-state index is -3.46. The van der Waals surface area contributed by atoms with Crippen LogP contribution in [0.15, 0.2) is 29.2 Å². The van der Waals surface area contributed by atoms with Crippen LogP contribution in [0.1, 0.15) is 31.4 Å². The van der Waals surface area contributed by atoms with Crippen LogP contribution in [0.5, 0.6) is 0 Å². The van der Waals surface area contributed by atoms with E-state index in [-0.39, 0.29) is 6.04 Å². The van der Waals surface area contributed by atoms with Crippen molar-refractivity contribution in [1.29, 1.82) is 0 Å². The molecule has 1 aromatic carbocycles. The number of benzene rings is 1. The van der Waals surface area contributed by atoms with Crippen LogP contribution in [-0.2, 0) is 14.8 Å². The quantitative estimate of drug-likeness (QED) is 0.742. The van der Waals surface area contributed by atoms with Crippen molar-refractivity contribution in [1.82, 2.24) is 4.31 Å². The third-order valence-electron chi connectivity index (χ3n) is 3.26. The van der Waals surface area contributed by atoms with Gasteiger partial charge in [0.15, 0.2) is 0 Å². The summed E-state index contributed by atoms with van der Waals surface area (Å²) in [5, 5.41) is 0. The van der Waals surface area contributed by atoms with E-state index in [1.807, 2.05) is 13.0 Å². The van der Waals surface area contributed by atoms with Crippen LogP contribution in [-0.4, -0.2) is 40.0 Å². The Hall–Kier alpha value is -0.950. The van der Waals surface area contributed by atoms with Gasteiger partial charge in [0.25, 0.3) is 0 Å². The van der Waals surface area contributed by atoms with Gasteiger partial charge in [-0.2, -0.15) is 0 Å². The number of ether oxygens (including phenoxy) is 1. The zero-order valence-electron chi connectivity index (χ0n) is 12.4. The Morgan fingerprint density at radius 1 is 1.40 bits per heavy atom. The molecule has 1 atom stereocenters. The van der Waals surface area contributed by atoms with Crippen molar-refractivity contribution in [2.75, 3.05) is 27.3 Å². The van der Waals surface area contributed by atoms with E-state index in [1.54, 1.807) is 32.4 Å². The Kier molecular flexibility index (Phi) is 6.61. The lowest BCUT2D eigenvalue weighted by atomic mass is 10.1. The maximum atomic E-state index is 12.4. The normalized spacial score (nSPS) is 13.7. The molecular formula is C14H24N2O3S. The molecule has 0 saturated heterocycles. The lowest BCUT2D eigenvalue weighted by molar-refractivity contribution is 0.189. The number of hydrogen-bond donors (Lipinski definition) is 1. The van der Waals surface area contributed by atoms with Gasteiger partial charge in [-0.05, 0) is 30.5 Å². The molecule has 0 bridgehead atoms. The highest BCUT2D eigenvalue weighted by Gasteiger charge is 2.21. The van der Waals surface area contributed by atoms with E-state index in [2.05, 4.69) is 0 Å². The summed E-state index contributed by atoms with van der Waals surface area (Å²) in [5.74, 6) is 0. The van der Waals surface area contributed by atoms with Crippen molar-refractivity contribution >= 4 is 10.0 Å². The van der Waals surface area contributed by atoms with E-state index in [0.29, 0.717) is 24.5 Å². The van der Waals surface area contributed by atoms with Crippen molar-refractivity contribution in [2.24, 2.45) is 5.73 Å². The van der Waals surface area contributed by atoms with Gasteiger partial charge >= 0.3 is 0 Å². The first-order chi connectivity index (χ1) is 9.43. The molecule has 6 heteroatoms. The standard InChI is InChI=1S/C14H24N2O3S/c1-4-14(15)12-7-5-8-13(11-12)20(17,18)16(2)9-6-10-19-3/h5,7-8,11,14H,4,6,9-10,15H2,1-3H3. The number of methoxy groups -OCH3 is 1. The van der Waals surface area contributed by atoms with Gasteiger partial charge in [0.1, 0.15) is 0 Å². The predicted octanol–water partition coefficient (Wildman–Crippen LogP) is 1.75. The van der Waals surface area contributed by atoms with Crippen molar-refractivity contribution in [2.45, 2.75) is 30.7 Å². The van der Waals surface area contributed by atoms with Crippen molar-refractivity contribution in [3.63, 3.8) is 0 Å². The minimum absolute atomic E-state index is 0.135. The molecular weight excluding hydrogens is 276 g/mol. The van der Waals surface area contributed by atoms with E-state index in [4.69, 9.17) is 10.5 Å². The first kappa shape index (κ1) is 17.1. The van der Waals surface area contributed by atoms with E-state index >= 15 is 0 Å². The Balaban J connectivity index is 2.91. The van der Waals surface area contributed by atoms with Gasteiger partial charge in [-0.25, -0.2) is 12.7 Å². The van der Waals surface area contributed by atoms with Crippen molar-refractivity contribution in [3.05, 3.63) is 29.8 Å². The van der Waals surface area contributed by atoms with Crippen LogP contribution in [0.3, 0.4) is 0 Å². The molecule has 114 valence electrons. The molecule has 1 aromatic rings. The molecule has 0 heterocycles. The second-order valence-corrected chi connectivity index (χ2v) is 6.81.